The van der Waals surface area contributed by atoms with Gasteiger partial charge < -0.3 is 5.11 Å². The molecule has 1 aromatic heterocycles. The molecule has 1 heterocycles. The topological polar surface area (TPSA) is 48.9 Å². The highest BCUT2D eigenvalue weighted by atomic mass is 19.1. The minimum atomic E-state index is -1.21. The molecule has 0 aliphatic carbocycles. The van der Waals surface area contributed by atoms with Crippen LogP contribution >= 0.6 is 0 Å². The third-order valence-corrected chi connectivity index (χ3v) is 2.18. The molecule has 3 nitrogen and oxygen atoms in total. The smallest absolute Gasteiger partial charge is 0.131 e. The lowest BCUT2D eigenvalue weighted by atomic mass is 9.96. The van der Waals surface area contributed by atoms with Crippen molar-refractivity contribution in [2.45, 2.75) is 19.4 Å². The zero-order valence-electron chi connectivity index (χ0n) is 8.00. The van der Waals surface area contributed by atoms with Gasteiger partial charge in [0.15, 0.2) is 0 Å². The third kappa shape index (κ3) is 1.28. The SMILES string of the molecule is CC(C)(O)c1c(F)ccc2cn[nH]c12. The Bertz CT molecular complexity index is 470. The second kappa shape index (κ2) is 2.78. The molecule has 0 atom stereocenters. The van der Waals surface area contributed by atoms with Gasteiger partial charge in [0.05, 0.1) is 17.3 Å². The average molecular weight is 194 g/mol. The van der Waals surface area contributed by atoms with Crippen LogP contribution in [0.4, 0.5) is 4.39 Å². The zero-order chi connectivity index (χ0) is 10.3. The summed E-state index contributed by atoms with van der Waals surface area (Å²) < 4.78 is 13.5. The molecule has 1 aromatic carbocycles. The van der Waals surface area contributed by atoms with Crippen LogP contribution in [0.1, 0.15) is 19.4 Å². The molecule has 0 aliphatic rings. The summed E-state index contributed by atoms with van der Waals surface area (Å²) in [5, 5.41) is 17.1. The van der Waals surface area contributed by atoms with E-state index in [0.717, 1.165) is 5.39 Å². The number of nitrogens with zero attached hydrogens (tertiary/aromatic N) is 1. The van der Waals surface area contributed by atoms with Gasteiger partial charge in [0.2, 0.25) is 0 Å². The van der Waals surface area contributed by atoms with Crippen LogP contribution in [0.15, 0.2) is 18.3 Å². The Morgan fingerprint density at radius 1 is 1.43 bits per heavy atom. The molecular formula is C10H11FN2O. The van der Waals surface area contributed by atoms with Crippen LogP contribution in [0.5, 0.6) is 0 Å². The molecule has 0 amide bonds. The molecule has 2 aromatic rings. The van der Waals surface area contributed by atoms with E-state index in [2.05, 4.69) is 10.2 Å². The first-order chi connectivity index (χ1) is 6.50. The number of nitrogens with one attached hydrogen (secondary N) is 1. The van der Waals surface area contributed by atoms with E-state index in [9.17, 15) is 9.50 Å². The minimum absolute atomic E-state index is 0.257. The Morgan fingerprint density at radius 2 is 2.14 bits per heavy atom. The van der Waals surface area contributed by atoms with Crippen LogP contribution < -0.4 is 0 Å². The molecule has 74 valence electrons. The molecule has 0 radical (unpaired) electrons. The summed E-state index contributed by atoms with van der Waals surface area (Å²) in [5.74, 6) is -0.422. The van der Waals surface area contributed by atoms with E-state index < -0.39 is 11.4 Å². The lowest BCUT2D eigenvalue weighted by Gasteiger charge is -2.18. The Balaban J connectivity index is 2.83. The Hall–Kier alpha value is -1.42. The van der Waals surface area contributed by atoms with Crippen LogP contribution in [0, 0.1) is 5.82 Å². The van der Waals surface area contributed by atoms with E-state index in [0.29, 0.717) is 5.52 Å². The highest BCUT2D eigenvalue weighted by Gasteiger charge is 2.24. The number of hydrogen-bond acceptors (Lipinski definition) is 2. The van der Waals surface area contributed by atoms with Gasteiger partial charge in [-0.15, -0.1) is 0 Å². The maximum atomic E-state index is 13.5. The molecular weight excluding hydrogens is 183 g/mol. The minimum Gasteiger partial charge on any atom is -0.386 e. The van der Waals surface area contributed by atoms with E-state index in [1.54, 1.807) is 26.1 Å². The lowest BCUT2D eigenvalue weighted by molar-refractivity contribution is 0.0760. The van der Waals surface area contributed by atoms with E-state index in [1.165, 1.54) is 6.07 Å². The summed E-state index contributed by atoms with van der Waals surface area (Å²) in [5.41, 5.74) is -0.402. The molecule has 2 rings (SSSR count). The summed E-state index contributed by atoms with van der Waals surface area (Å²) in [7, 11) is 0. The fraction of sp³-hybridized carbons (Fsp3) is 0.300. The quantitative estimate of drug-likeness (QED) is 0.728. The molecule has 14 heavy (non-hydrogen) atoms. The first-order valence-electron chi connectivity index (χ1n) is 4.34. The molecule has 0 saturated heterocycles. The maximum absolute atomic E-state index is 13.5. The molecule has 0 fully saturated rings. The predicted molar refractivity (Wildman–Crippen MR) is 51.3 cm³/mol. The highest BCUT2D eigenvalue weighted by molar-refractivity contribution is 5.82. The number of halogens is 1. The number of H-pyrrole nitrogens is 1. The summed E-state index contributed by atoms with van der Waals surface area (Å²) in [4.78, 5) is 0. The summed E-state index contributed by atoms with van der Waals surface area (Å²) in [6, 6.07) is 2.97. The fourth-order valence-corrected chi connectivity index (χ4v) is 1.59. The molecule has 2 N–H and O–H groups in total. The van der Waals surface area contributed by atoms with Crippen molar-refractivity contribution in [1.82, 2.24) is 10.2 Å². The Labute approximate surface area is 80.6 Å². The van der Waals surface area contributed by atoms with Gasteiger partial charge in [-0.05, 0) is 26.0 Å². The van der Waals surface area contributed by atoms with Crippen molar-refractivity contribution in [2.24, 2.45) is 0 Å². The van der Waals surface area contributed by atoms with E-state index in [4.69, 9.17) is 0 Å². The van der Waals surface area contributed by atoms with Gasteiger partial charge in [-0.2, -0.15) is 5.10 Å². The second-order valence-electron chi connectivity index (χ2n) is 3.82. The normalized spacial score (nSPS) is 12.3. The lowest BCUT2D eigenvalue weighted by Crippen LogP contribution is -2.18. The van der Waals surface area contributed by atoms with Crippen molar-refractivity contribution >= 4 is 10.9 Å². The van der Waals surface area contributed by atoms with Crippen molar-refractivity contribution in [1.29, 1.82) is 0 Å². The van der Waals surface area contributed by atoms with Gasteiger partial charge in [-0.1, -0.05) is 0 Å². The molecule has 0 unspecified atom stereocenters. The fourth-order valence-electron chi connectivity index (χ4n) is 1.59. The van der Waals surface area contributed by atoms with Crippen LogP contribution in [0.3, 0.4) is 0 Å². The second-order valence-corrected chi connectivity index (χ2v) is 3.82. The van der Waals surface area contributed by atoms with Gasteiger partial charge in [0.25, 0.3) is 0 Å². The van der Waals surface area contributed by atoms with Crippen molar-refractivity contribution in [3.63, 3.8) is 0 Å². The summed E-state index contributed by atoms with van der Waals surface area (Å²) in [6.45, 7) is 3.09. The first kappa shape index (κ1) is 9.15. The Morgan fingerprint density at radius 3 is 2.79 bits per heavy atom. The number of fused-ring (bicyclic) bond motifs is 1. The number of rotatable bonds is 1. The van der Waals surface area contributed by atoms with Crippen molar-refractivity contribution in [2.75, 3.05) is 0 Å². The van der Waals surface area contributed by atoms with Gasteiger partial charge >= 0.3 is 0 Å². The van der Waals surface area contributed by atoms with Crippen LogP contribution in [0.25, 0.3) is 10.9 Å². The Kier molecular flexibility index (Phi) is 1.82. The van der Waals surface area contributed by atoms with E-state index in [1.807, 2.05) is 0 Å². The number of aromatic nitrogens is 2. The molecule has 4 heteroatoms. The maximum Gasteiger partial charge on any atom is 0.131 e. The van der Waals surface area contributed by atoms with Gasteiger partial charge in [0, 0.05) is 10.9 Å². The number of hydrogen-bond donors (Lipinski definition) is 2. The van der Waals surface area contributed by atoms with Crippen molar-refractivity contribution in [3.05, 3.63) is 29.7 Å². The largest absolute Gasteiger partial charge is 0.386 e. The van der Waals surface area contributed by atoms with Crippen LogP contribution in [-0.4, -0.2) is 15.3 Å². The third-order valence-electron chi connectivity index (χ3n) is 2.18. The monoisotopic (exact) mass is 194 g/mol. The van der Waals surface area contributed by atoms with Gasteiger partial charge in [-0.25, -0.2) is 4.39 Å². The van der Waals surface area contributed by atoms with Crippen LogP contribution in [-0.2, 0) is 5.60 Å². The van der Waals surface area contributed by atoms with Gasteiger partial charge in [0.1, 0.15) is 5.82 Å². The number of aromatic amines is 1. The van der Waals surface area contributed by atoms with E-state index >= 15 is 0 Å². The summed E-state index contributed by atoms with van der Waals surface area (Å²) in [6.07, 6.45) is 1.60. The molecule has 0 bridgehead atoms. The van der Waals surface area contributed by atoms with Crippen molar-refractivity contribution in [3.8, 4) is 0 Å². The number of benzene rings is 1. The highest BCUT2D eigenvalue weighted by Crippen LogP contribution is 2.29. The summed E-state index contributed by atoms with van der Waals surface area (Å²) >= 11 is 0. The standard InChI is InChI=1S/C10H11FN2O/c1-10(2,14)8-7(11)4-3-6-5-12-13-9(6)8/h3-5,14H,1-2H3,(H,12,13). The zero-order valence-corrected chi connectivity index (χ0v) is 8.00. The van der Waals surface area contributed by atoms with E-state index in [-0.39, 0.29) is 5.56 Å². The first-order valence-corrected chi connectivity index (χ1v) is 4.34. The van der Waals surface area contributed by atoms with Crippen LogP contribution in [0.2, 0.25) is 0 Å². The average Bonchev–Trinajstić information content (AvgIpc) is 2.48. The van der Waals surface area contributed by atoms with Crippen molar-refractivity contribution < 1.29 is 9.50 Å². The van der Waals surface area contributed by atoms with Gasteiger partial charge in [-0.3, -0.25) is 5.10 Å². The molecule has 0 aliphatic heterocycles. The molecule has 0 spiro atoms. The number of aliphatic hydroxyl groups is 1. The predicted octanol–water partition coefficient (Wildman–Crippen LogP) is 1.93. The molecule has 0 saturated carbocycles.